The molecule has 0 fully saturated rings. The van der Waals surface area contributed by atoms with Gasteiger partial charge in [0.15, 0.2) is 11.6 Å². The molecule has 25 heavy (non-hydrogen) atoms. The van der Waals surface area contributed by atoms with Crippen molar-refractivity contribution >= 4 is 17.3 Å². The molecule has 0 aliphatic carbocycles. The van der Waals surface area contributed by atoms with Crippen molar-refractivity contribution < 1.29 is 0 Å². The molecule has 1 heterocycles. The summed E-state index contributed by atoms with van der Waals surface area (Å²) in [5.41, 5.74) is 11.6. The highest BCUT2D eigenvalue weighted by atomic mass is 15.1. The van der Waals surface area contributed by atoms with Crippen LogP contribution >= 0.6 is 0 Å². The van der Waals surface area contributed by atoms with Gasteiger partial charge in [0.1, 0.15) is 12.0 Å². The topological polar surface area (TPSA) is 75.9 Å². The summed E-state index contributed by atoms with van der Waals surface area (Å²) < 4.78 is 0. The van der Waals surface area contributed by atoms with E-state index in [0.29, 0.717) is 30.4 Å². The second kappa shape index (κ2) is 7.66. The molecule has 0 aliphatic heterocycles. The first-order valence-electron chi connectivity index (χ1n) is 8.31. The van der Waals surface area contributed by atoms with Gasteiger partial charge in [0.05, 0.1) is 0 Å². The lowest BCUT2D eigenvalue weighted by atomic mass is 10.1. The number of anilines is 3. The van der Waals surface area contributed by atoms with Gasteiger partial charge in [-0.25, -0.2) is 9.97 Å². The van der Waals surface area contributed by atoms with Gasteiger partial charge in [-0.2, -0.15) is 0 Å². The van der Waals surface area contributed by atoms with Crippen molar-refractivity contribution in [2.24, 2.45) is 0 Å². The largest absolute Gasteiger partial charge is 0.393 e. The van der Waals surface area contributed by atoms with Crippen molar-refractivity contribution in [3.8, 4) is 0 Å². The Hall–Kier alpha value is -3.08. The van der Waals surface area contributed by atoms with Crippen molar-refractivity contribution in [2.45, 2.75) is 26.9 Å². The van der Waals surface area contributed by atoms with Crippen LogP contribution in [0.2, 0.25) is 0 Å². The second-order valence-corrected chi connectivity index (χ2v) is 6.16. The number of rotatable bonds is 6. The monoisotopic (exact) mass is 333 g/mol. The van der Waals surface area contributed by atoms with Gasteiger partial charge in [-0.15, -0.1) is 0 Å². The van der Waals surface area contributed by atoms with Gasteiger partial charge in [-0.05, 0) is 25.0 Å². The molecule has 0 aliphatic rings. The van der Waals surface area contributed by atoms with Crippen LogP contribution in [0, 0.1) is 13.8 Å². The van der Waals surface area contributed by atoms with Gasteiger partial charge in [-0.3, -0.25) is 0 Å². The van der Waals surface area contributed by atoms with E-state index in [0.717, 1.165) is 0 Å². The summed E-state index contributed by atoms with van der Waals surface area (Å²) in [6, 6.07) is 16.7. The maximum absolute atomic E-state index is 6.21. The van der Waals surface area contributed by atoms with Crippen LogP contribution in [0.25, 0.3) is 0 Å². The van der Waals surface area contributed by atoms with E-state index >= 15 is 0 Å². The first kappa shape index (κ1) is 16.8. The first-order chi connectivity index (χ1) is 12.1. The van der Waals surface area contributed by atoms with E-state index in [1.165, 1.54) is 28.6 Å². The standard InChI is InChI=1S/C20H23N5/c1-14-3-7-16(8-4-14)11-22-19-18(21)20(25-13-24-19)23-12-17-9-5-15(2)6-10-17/h3-10,13H,11-12,21H2,1-2H3,(H2,22,23,24,25). The Bertz CT molecular complexity index is 758. The summed E-state index contributed by atoms with van der Waals surface area (Å²) in [5, 5.41) is 6.56. The Morgan fingerprint density at radius 1 is 0.720 bits per heavy atom. The number of nitrogens with zero attached hydrogens (tertiary/aromatic N) is 2. The zero-order valence-corrected chi connectivity index (χ0v) is 14.6. The number of nitrogens with two attached hydrogens (primary N) is 1. The molecule has 0 amide bonds. The molecule has 0 atom stereocenters. The number of aryl methyl sites for hydroxylation is 2. The Kier molecular flexibility index (Phi) is 5.14. The number of hydrogen-bond acceptors (Lipinski definition) is 5. The van der Waals surface area contributed by atoms with Gasteiger partial charge < -0.3 is 16.4 Å². The fourth-order valence-corrected chi connectivity index (χ4v) is 2.46. The fraction of sp³-hybridized carbons (Fsp3) is 0.200. The predicted molar refractivity (Wildman–Crippen MR) is 103 cm³/mol. The van der Waals surface area contributed by atoms with Crippen LogP contribution in [0.3, 0.4) is 0 Å². The van der Waals surface area contributed by atoms with Crippen molar-refractivity contribution in [1.82, 2.24) is 9.97 Å². The van der Waals surface area contributed by atoms with E-state index in [1.54, 1.807) is 0 Å². The molecule has 0 unspecified atom stereocenters. The summed E-state index contributed by atoms with van der Waals surface area (Å²) in [5.74, 6) is 1.28. The molecule has 3 rings (SSSR count). The van der Waals surface area contributed by atoms with Gasteiger partial charge in [-0.1, -0.05) is 59.7 Å². The van der Waals surface area contributed by atoms with Crippen LogP contribution in [0.5, 0.6) is 0 Å². The third-order valence-electron chi connectivity index (χ3n) is 4.05. The second-order valence-electron chi connectivity index (χ2n) is 6.16. The Balaban J connectivity index is 1.64. The molecule has 0 spiro atoms. The summed E-state index contributed by atoms with van der Waals surface area (Å²) >= 11 is 0. The highest BCUT2D eigenvalue weighted by molar-refractivity contribution is 5.74. The van der Waals surface area contributed by atoms with E-state index < -0.39 is 0 Å². The average molecular weight is 333 g/mol. The highest BCUT2D eigenvalue weighted by Crippen LogP contribution is 2.23. The van der Waals surface area contributed by atoms with Crippen molar-refractivity contribution in [2.75, 3.05) is 16.4 Å². The molecule has 128 valence electrons. The van der Waals surface area contributed by atoms with Gasteiger partial charge >= 0.3 is 0 Å². The Morgan fingerprint density at radius 2 is 1.12 bits per heavy atom. The molecule has 0 bridgehead atoms. The molecule has 5 heteroatoms. The van der Waals surface area contributed by atoms with Gasteiger partial charge in [0, 0.05) is 13.1 Å². The summed E-state index contributed by atoms with van der Waals surface area (Å²) in [7, 11) is 0. The lowest BCUT2D eigenvalue weighted by Gasteiger charge is -2.13. The number of aromatic nitrogens is 2. The highest BCUT2D eigenvalue weighted by Gasteiger charge is 2.07. The summed E-state index contributed by atoms with van der Waals surface area (Å²) in [4.78, 5) is 8.50. The molecule has 0 radical (unpaired) electrons. The van der Waals surface area contributed by atoms with Gasteiger partial charge in [0.2, 0.25) is 0 Å². The summed E-state index contributed by atoms with van der Waals surface area (Å²) in [6.07, 6.45) is 1.52. The molecule has 5 nitrogen and oxygen atoms in total. The zero-order valence-electron chi connectivity index (χ0n) is 14.6. The van der Waals surface area contributed by atoms with E-state index in [9.17, 15) is 0 Å². The SMILES string of the molecule is Cc1ccc(CNc2ncnc(NCc3ccc(C)cc3)c2N)cc1. The molecule has 0 saturated heterocycles. The van der Waals surface area contributed by atoms with Crippen LogP contribution in [0.1, 0.15) is 22.3 Å². The molecule has 4 N–H and O–H groups in total. The van der Waals surface area contributed by atoms with Crippen molar-refractivity contribution in [3.05, 3.63) is 77.1 Å². The average Bonchev–Trinajstić information content (AvgIpc) is 2.62. The van der Waals surface area contributed by atoms with E-state index in [4.69, 9.17) is 5.73 Å². The lowest BCUT2D eigenvalue weighted by Crippen LogP contribution is -2.10. The first-order valence-corrected chi connectivity index (χ1v) is 8.31. The minimum Gasteiger partial charge on any atom is -0.393 e. The van der Waals surface area contributed by atoms with Crippen molar-refractivity contribution in [1.29, 1.82) is 0 Å². The number of benzene rings is 2. The van der Waals surface area contributed by atoms with Crippen molar-refractivity contribution in [3.63, 3.8) is 0 Å². The smallest absolute Gasteiger partial charge is 0.155 e. The van der Waals surface area contributed by atoms with Crippen LogP contribution in [0.15, 0.2) is 54.9 Å². The van der Waals surface area contributed by atoms with Crippen LogP contribution < -0.4 is 16.4 Å². The quantitative estimate of drug-likeness (QED) is 0.638. The number of nitrogens with one attached hydrogen (secondary N) is 2. The maximum atomic E-state index is 6.21. The fourth-order valence-electron chi connectivity index (χ4n) is 2.46. The third kappa shape index (κ3) is 4.47. The van der Waals surface area contributed by atoms with Crippen LogP contribution in [-0.4, -0.2) is 9.97 Å². The number of hydrogen-bond donors (Lipinski definition) is 3. The van der Waals surface area contributed by atoms with E-state index in [2.05, 4.69) is 83.0 Å². The summed E-state index contributed by atoms with van der Waals surface area (Å²) in [6.45, 7) is 5.48. The molecular weight excluding hydrogens is 310 g/mol. The normalized spacial score (nSPS) is 10.5. The maximum Gasteiger partial charge on any atom is 0.155 e. The molecule has 0 saturated carbocycles. The predicted octanol–water partition coefficient (Wildman–Crippen LogP) is 3.90. The minimum absolute atomic E-state index is 0.529. The molecule has 1 aromatic heterocycles. The van der Waals surface area contributed by atoms with E-state index in [-0.39, 0.29) is 0 Å². The van der Waals surface area contributed by atoms with Crippen LogP contribution in [0.4, 0.5) is 17.3 Å². The Morgan fingerprint density at radius 3 is 1.52 bits per heavy atom. The minimum atomic E-state index is 0.529. The molecule has 3 aromatic rings. The molecule has 2 aromatic carbocycles. The number of nitrogen functional groups attached to an aromatic ring is 1. The van der Waals surface area contributed by atoms with Crippen LogP contribution in [-0.2, 0) is 13.1 Å². The Labute approximate surface area is 148 Å². The molecular formula is C20H23N5. The van der Waals surface area contributed by atoms with E-state index in [1.807, 2.05) is 0 Å². The van der Waals surface area contributed by atoms with Gasteiger partial charge in [0.25, 0.3) is 0 Å². The zero-order chi connectivity index (χ0) is 17.6. The lowest BCUT2D eigenvalue weighted by molar-refractivity contribution is 1.06. The third-order valence-corrected chi connectivity index (χ3v) is 4.05.